The highest BCUT2D eigenvalue weighted by Crippen LogP contribution is 2.40. The summed E-state index contributed by atoms with van der Waals surface area (Å²) in [6.45, 7) is 6.41. The van der Waals surface area contributed by atoms with Crippen LogP contribution in [0.25, 0.3) is 99.7 Å². The molecule has 0 saturated heterocycles. The maximum atomic E-state index is 4.32. The van der Waals surface area contributed by atoms with Crippen molar-refractivity contribution in [1.82, 2.24) is 9.13 Å². The third-order valence-corrected chi connectivity index (χ3v) is 10.6. The largest absolute Gasteiger partial charge is 0.309 e. The van der Waals surface area contributed by atoms with Gasteiger partial charge in [0.15, 0.2) is 0 Å². The van der Waals surface area contributed by atoms with Crippen LogP contribution in [0.5, 0.6) is 0 Å². The number of benzene rings is 8. The Labute approximate surface area is 296 Å². The van der Waals surface area contributed by atoms with Crippen molar-refractivity contribution in [3.8, 4) is 22.5 Å². The molecule has 2 aromatic heterocycles. The fraction of sp³-hybridized carbons (Fsp3) is 0.0204. The van der Waals surface area contributed by atoms with Crippen LogP contribution in [0.15, 0.2) is 170 Å². The monoisotopic (exact) mass is 650 g/mol. The summed E-state index contributed by atoms with van der Waals surface area (Å²) in [5.41, 5.74) is 10.5. The maximum absolute atomic E-state index is 4.32. The van der Waals surface area contributed by atoms with E-state index in [4.69, 9.17) is 0 Å². The molecule has 0 N–H and O–H groups in total. The van der Waals surface area contributed by atoms with Crippen molar-refractivity contribution >= 4 is 77.2 Å². The molecule has 0 fully saturated rings. The topological polar surface area (TPSA) is 9.86 Å². The lowest BCUT2D eigenvalue weighted by Crippen LogP contribution is -1.97. The van der Waals surface area contributed by atoms with E-state index in [1.165, 1.54) is 81.9 Å². The summed E-state index contributed by atoms with van der Waals surface area (Å²) in [7, 11) is 0. The van der Waals surface area contributed by atoms with Gasteiger partial charge >= 0.3 is 0 Å². The van der Waals surface area contributed by atoms with Crippen LogP contribution in [-0.4, -0.2) is 9.13 Å². The van der Waals surface area contributed by atoms with Gasteiger partial charge in [-0.3, -0.25) is 0 Å². The summed E-state index contributed by atoms with van der Waals surface area (Å²) in [6, 6.07) is 57.6. The van der Waals surface area contributed by atoms with Gasteiger partial charge in [0, 0.05) is 33.1 Å². The number of allylic oxidation sites excluding steroid dienone is 1. The van der Waals surface area contributed by atoms with Crippen molar-refractivity contribution in [2.24, 2.45) is 0 Å². The van der Waals surface area contributed by atoms with Gasteiger partial charge in [0.2, 0.25) is 0 Å². The molecule has 0 atom stereocenters. The smallest absolute Gasteiger partial charge is 0.0541 e. The Balaban J connectivity index is 1.19. The Morgan fingerprint density at radius 3 is 1.59 bits per heavy atom. The average molecular weight is 651 g/mol. The number of aromatic nitrogens is 2. The van der Waals surface area contributed by atoms with Crippen molar-refractivity contribution < 1.29 is 0 Å². The summed E-state index contributed by atoms with van der Waals surface area (Å²) < 4.78 is 4.75. The van der Waals surface area contributed by atoms with Gasteiger partial charge in [-0.15, -0.1) is 0 Å². The molecule has 0 bridgehead atoms. The summed E-state index contributed by atoms with van der Waals surface area (Å²) in [5, 5.41) is 11.4. The summed E-state index contributed by atoms with van der Waals surface area (Å²) in [5.74, 6) is 0. The molecule has 0 unspecified atom stereocenters. The molecule has 0 spiro atoms. The minimum absolute atomic E-state index is 1.09. The van der Waals surface area contributed by atoms with Crippen molar-refractivity contribution in [2.75, 3.05) is 0 Å². The van der Waals surface area contributed by atoms with Gasteiger partial charge in [0.05, 0.1) is 22.2 Å². The van der Waals surface area contributed by atoms with Gasteiger partial charge in [-0.1, -0.05) is 122 Å². The van der Waals surface area contributed by atoms with Gasteiger partial charge in [0.1, 0.15) is 0 Å². The highest BCUT2D eigenvalue weighted by molar-refractivity contribution is 6.25. The number of fused-ring (bicyclic) bond motifs is 10. The van der Waals surface area contributed by atoms with Crippen LogP contribution in [0.3, 0.4) is 0 Å². The first-order valence-corrected chi connectivity index (χ1v) is 17.6. The summed E-state index contributed by atoms with van der Waals surface area (Å²) in [4.78, 5) is 0. The minimum Gasteiger partial charge on any atom is -0.309 e. The molecule has 0 amide bonds. The zero-order valence-electron chi connectivity index (χ0n) is 28.3. The SMILES string of the molecule is C=Cc1c(/C=C\C)c2cc(-c3ccc4c(c3)c3ccccc3n4-c3ccccc3)ccc2n1-c1ccc2c3ccccc3c3ccccc3c2c1. The minimum atomic E-state index is 1.09. The highest BCUT2D eigenvalue weighted by atomic mass is 15.0. The van der Waals surface area contributed by atoms with Crippen LogP contribution in [0, 0.1) is 0 Å². The fourth-order valence-electron chi connectivity index (χ4n) is 8.38. The molecular formula is C49H34N2. The molecular weight excluding hydrogens is 617 g/mol. The van der Waals surface area contributed by atoms with Gasteiger partial charge < -0.3 is 9.13 Å². The van der Waals surface area contributed by atoms with Gasteiger partial charge in [0.25, 0.3) is 0 Å². The zero-order valence-corrected chi connectivity index (χ0v) is 28.3. The van der Waals surface area contributed by atoms with E-state index in [9.17, 15) is 0 Å². The first-order valence-electron chi connectivity index (χ1n) is 17.6. The Kier molecular flexibility index (Phi) is 6.59. The van der Waals surface area contributed by atoms with Gasteiger partial charge in [-0.2, -0.15) is 0 Å². The highest BCUT2D eigenvalue weighted by Gasteiger charge is 2.18. The Hall–Kier alpha value is -6.64. The molecule has 0 aliphatic carbocycles. The molecule has 10 rings (SSSR count). The molecule has 0 saturated carbocycles. The Bertz CT molecular complexity index is 3010. The lowest BCUT2D eigenvalue weighted by Gasteiger charge is -2.14. The standard InChI is InChI=1S/C49H34N2/c1-3-14-41-44-29-32(33-23-27-48-45(30-33)42-21-12-13-22-47(42)50(48)34-15-6-5-7-16-34)24-28-49(44)51(46(41)4-2)35-25-26-40-38-19-9-8-17-36(38)37-18-10-11-20-39(37)43(40)31-35/h3-31H,2H2,1H3/b14-3-. The number of para-hydroxylation sites is 2. The maximum Gasteiger partial charge on any atom is 0.0541 e. The normalized spacial score (nSPS) is 12.0. The second-order valence-corrected chi connectivity index (χ2v) is 13.3. The van der Waals surface area contributed by atoms with Crippen LogP contribution in [0.2, 0.25) is 0 Å². The molecule has 8 aromatic carbocycles. The van der Waals surface area contributed by atoms with E-state index in [1.807, 2.05) is 6.08 Å². The van der Waals surface area contributed by atoms with Crippen LogP contribution < -0.4 is 0 Å². The second kappa shape index (κ2) is 11.5. The lowest BCUT2D eigenvalue weighted by molar-refractivity contribution is 1.11. The van der Waals surface area contributed by atoms with Crippen molar-refractivity contribution in [1.29, 1.82) is 0 Å². The van der Waals surface area contributed by atoms with E-state index >= 15 is 0 Å². The first kappa shape index (κ1) is 29.3. The van der Waals surface area contributed by atoms with E-state index in [0.29, 0.717) is 0 Å². The lowest BCUT2D eigenvalue weighted by atomic mass is 9.94. The van der Waals surface area contributed by atoms with Gasteiger partial charge in [-0.25, -0.2) is 0 Å². The van der Waals surface area contributed by atoms with Crippen LogP contribution in [-0.2, 0) is 0 Å². The molecule has 240 valence electrons. The molecule has 0 aliphatic heterocycles. The molecule has 2 heterocycles. The van der Waals surface area contributed by atoms with E-state index < -0.39 is 0 Å². The first-order chi connectivity index (χ1) is 25.2. The quantitative estimate of drug-likeness (QED) is 0.164. The summed E-state index contributed by atoms with van der Waals surface area (Å²) in [6.07, 6.45) is 6.35. The predicted octanol–water partition coefficient (Wildman–Crippen LogP) is 13.5. The zero-order chi connectivity index (χ0) is 34.1. The van der Waals surface area contributed by atoms with E-state index in [2.05, 4.69) is 193 Å². The molecule has 0 radical (unpaired) electrons. The Morgan fingerprint density at radius 2 is 0.941 bits per heavy atom. The van der Waals surface area contributed by atoms with Crippen LogP contribution in [0.4, 0.5) is 0 Å². The third kappa shape index (κ3) is 4.36. The van der Waals surface area contributed by atoms with Crippen molar-refractivity contribution in [2.45, 2.75) is 6.92 Å². The second-order valence-electron chi connectivity index (χ2n) is 13.3. The molecule has 10 aromatic rings. The Morgan fingerprint density at radius 1 is 0.412 bits per heavy atom. The fourth-order valence-corrected chi connectivity index (χ4v) is 8.38. The summed E-state index contributed by atoms with van der Waals surface area (Å²) >= 11 is 0. The number of hydrogen-bond donors (Lipinski definition) is 0. The molecule has 51 heavy (non-hydrogen) atoms. The van der Waals surface area contributed by atoms with E-state index in [1.54, 1.807) is 0 Å². The molecule has 2 heteroatoms. The average Bonchev–Trinajstić information content (AvgIpc) is 3.70. The number of nitrogens with zero attached hydrogens (tertiary/aromatic N) is 2. The molecule has 0 aliphatic rings. The number of hydrogen-bond acceptors (Lipinski definition) is 0. The van der Waals surface area contributed by atoms with E-state index in [-0.39, 0.29) is 0 Å². The molecule has 2 nitrogen and oxygen atoms in total. The van der Waals surface area contributed by atoms with Crippen molar-refractivity contribution in [3.63, 3.8) is 0 Å². The third-order valence-electron chi connectivity index (χ3n) is 10.6. The van der Waals surface area contributed by atoms with E-state index in [0.717, 1.165) is 16.9 Å². The predicted molar refractivity (Wildman–Crippen MR) is 220 cm³/mol. The number of rotatable bonds is 5. The van der Waals surface area contributed by atoms with Gasteiger partial charge in [-0.05, 0) is 111 Å². The van der Waals surface area contributed by atoms with Crippen molar-refractivity contribution in [3.05, 3.63) is 182 Å². The van der Waals surface area contributed by atoms with Crippen LogP contribution in [0.1, 0.15) is 18.2 Å². The van der Waals surface area contributed by atoms with Crippen LogP contribution >= 0.6 is 0 Å².